The van der Waals surface area contributed by atoms with Crippen LogP contribution in [-0.4, -0.2) is 41.5 Å². The predicted octanol–water partition coefficient (Wildman–Crippen LogP) is 1.29. The van der Waals surface area contributed by atoms with Crippen LogP contribution in [0.1, 0.15) is 15.9 Å². The van der Waals surface area contributed by atoms with Crippen LogP contribution in [0.4, 0.5) is 0 Å². The molecule has 23 heavy (non-hydrogen) atoms. The maximum atomic E-state index is 12.3. The molecule has 1 aromatic carbocycles. The molecule has 0 aromatic heterocycles. The fraction of sp³-hybridized carbons (Fsp3) is 0.125. The van der Waals surface area contributed by atoms with E-state index in [1.807, 2.05) is 0 Å². The Labute approximate surface area is 138 Å². The van der Waals surface area contributed by atoms with Crippen LogP contribution < -0.4 is 5.32 Å². The van der Waals surface area contributed by atoms with Crippen molar-refractivity contribution in [1.29, 1.82) is 0 Å². The molecule has 7 heteroatoms. The summed E-state index contributed by atoms with van der Waals surface area (Å²) in [6.45, 7) is 3.76. The van der Waals surface area contributed by atoms with Gasteiger partial charge in [-0.2, -0.15) is 0 Å². The molecule has 1 fully saturated rings. The van der Waals surface area contributed by atoms with Gasteiger partial charge in [0.25, 0.3) is 11.8 Å². The SMILES string of the molecule is C=CCN1C(=O)C(=Cc2ccc(C(=O)OC)cc2)C(=O)NC1=S. The van der Waals surface area contributed by atoms with E-state index in [9.17, 15) is 14.4 Å². The van der Waals surface area contributed by atoms with Gasteiger partial charge >= 0.3 is 5.97 Å². The van der Waals surface area contributed by atoms with Crippen molar-refractivity contribution in [2.75, 3.05) is 13.7 Å². The number of thiocarbonyl (C=S) groups is 1. The van der Waals surface area contributed by atoms with E-state index in [0.29, 0.717) is 11.1 Å². The number of carbonyl (C=O) groups is 3. The lowest BCUT2D eigenvalue weighted by Crippen LogP contribution is -2.53. The van der Waals surface area contributed by atoms with E-state index in [1.165, 1.54) is 24.2 Å². The highest BCUT2D eigenvalue weighted by molar-refractivity contribution is 7.80. The molecule has 0 aliphatic carbocycles. The van der Waals surface area contributed by atoms with Crippen LogP contribution in [0.3, 0.4) is 0 Å². The van der Waals surface area contributed by atoms with Crippen LogP contribution in [0.2, 0.25) is 0 Å². The van der Waals surface area contributed by atoms with Crippen LogP contribution in [0.25, 0.3) is 6.08 Å². The average Bonchev–Trinajstić information content (AvgIpc) is 2.55. The molecule has 118 valence electrons. The fourth-order valence-corrected chi connectivity index (χ4v) is 2.24. The van der Waals surface area contributed by atoms with E-state index in [4.69, 9.17) is 12.2 Å². The van der Waals surface area contributed by atoms with E-state index in [2.05, 4.69) is 16.6 Å². The molecular formula is C16H14N2O4S. The smallest absolute Gasteiger partial charge is 0.337 e. The molecule has 1 saturated heterocycles. The Morgan fingerprint density at radius 2 is 2.00 bits per heavy atom. The van der Waals surface area contributed by atoms with Crippen LogP contribution in [0.5, 0.6) is 0 Å². The Morgan fingerprint density at radius 3 is 2.57 bits per heavy atom. The van der Waals surface area contributed by atoms with Gasteiger partial charge in [0.15, 0.2) is 5.11 Å². The lowest BCUT2D eigenvalue weighted by Gasteiger charge is -2.27. The molecule has 1 heterocycles. The van der Waals surface area contributed by atoms with Crippen LogP contribution in [0.15, 0.2) is 42.5 Å². The minimum atomic E-state index is -0.558. The maximum absolute atomic E-state index is 12.3. The minimum Gasteiger partial charge on any atom is -0.465 e. The van der Waals surface area contributed by atoms with Gasteiger partial charge in [0, 0.05) is 6.54 Å². The predicted molar refractivity (Wildman–Crippen MR) is 88.4 cm³/mol. The van der Waals surface area contributed by atoms with Crippen molar-refractivity contribution < 1.29 is 19.1 Å². The number of amides is 2. The number of ether oxygens (including phenoxy) is 1. The van der Waals surface area contributed by atoms with Gasteiger partial charge in [-0.25, -0.2) is 4.79 Å². The van der Waals surface area contributed by atoms with Gasteiger partial charge in [-0.1, -0.05) is 18.2 Å². The summed E-state index contributed by atoms with van der Waals surface area (Å²) in [5, 5.41) is 2.51. The standard InChI is InChI=1S/C16H14N2O4S/c1-3-8-18-14(20)12(13(19)17-16(18)23)9-10-4-6-11(7-5-10)15(21)22-2/h3-7,9H,1,8H2,2H3,(H,17,19,23). The summed E-state index contributed by atoms with van der Waals surface area (Å²) >= 11 is 4.97. The van der Waals surface area contributed by atoms with Gasteiger partial charge in [0.1, 0.15) is 5.57 Å². The number of nitrogens with one attached hydrogen (secondary N) is 1. The number of hydrogen-bond acceptors (Lipinski definition) is 5. The number of methoxy groups -OCH3 is 1. The summed E-state index contributed by atoms with van der Waals surface area (Å²) in [7, 11) is 1.29. The number of rotatable bonds is 4. The molecule has 0 radical (unpaired) electrons. The van der Waals surface area contributed by atoms with Crippen molar-refractivity contribution in [3.8, 4) is 0 Å². The summed E-state index contributed by atoms with van der Waals surface area (Å²) in [6.07, 6.45) is 2.96. The minimum absolute atomic E-state index is 0.0359. The first-order valence-electron chi connectivity index (χ1n) is 6.66. The molecule has 0 saturated carbocycles. The van der Waals surface area contributed by atoms with Gasteiger partial charge in [0.2, 0.25) is 0 Å². The zero-order valence-corrected chi connectivity index (χ0v) is 13.2. The zero-order valence-electron chi connectivity index (χ0n) is 12.4. The van der Waals surface area contributed by atoms with Crippen molar-refractivity contribution in [1.82, 2.24) is 10.2 Å². The quantitative estimate of drug-likeness (QED) is 0.296. The molecule has 0 spiro atoms. The van der Waals surface area contributed by atoms with Crippen molar-refractivity contribution in [3.05, 3.63) is 53.6 Å². The monoisotopic (exact) mass is 330 g/mol. The van der Waals surface area contributed by atoms with E-state index in [-0.39, 0.29) is 17.2 Å². The number of esters is 1. The molecule has 0 unspecified atom stereocenters. The Balaban J connectivity index is 2.31. The maximum Gasteiger partial charge on any atom is 0.337 e. The lowest BCUT2D eigenvalue weighted by molar-refractivity contribution is -0.128. The third-order valence-electron chi connectivity index (χ3n) is 3.14. The van der Waals surface area contributed by atoms with Gasteiger partial charge in [-0.05, 0) is 36.0 Å². The summed E-state index contributed by atoms with van der Waals surface area (Å²) in [5.74, 6) is -1.51. The highest BCUT2D eigenvalue weighted by Gasteiger charge is 2.32. The van der Waals surface area contributed by atoms with Crippen LogP contribution in [-0.2, 0) is 14.3 Å². The second kappa shape index (κ2) is 6.97. The summed E-state index contributed by atoms with van der Waals surface area (Å²) in [4.78, 5) is 37.0. The molecule has 2 rings (SSSR count). The van der Waals surface area contributed by atoms with Gasteiger partial charge < -0.3 is 4.74 Å². The molecule has 1 aliphatic heterocycles. The van der Waals surface area contributed by atoms with E-state index in [0.717, 1.165) is 0 Å². The molecule has 0 atom stereocenters. The molecule has 1 aromatic rings. The van der Waals surface area contributed by atoms with E-state index in [1.54, 1.807) is 24.3 Å². The highest BCUT2D eigenvalue weighted by Crippen LogP contribution is 2.15. The molecule has 0 bridgehead atoms. The van der Waals surface area contributed by atoms with E-state index >= 15 is 0 Å². The number of hydrogen-bond donors (Lipinski definition) is 1. The number of carbonyl (C=O) groups excluding carboxylic acids is 3. The molecular weight excluding hydrogens is 316 g/mol. The van der Waals surface area contributed by atoms with Crippen LogP contribution in [0, 0.1) is 0 Å². The number of nitrogens with zero attached hydrogens (tertiary/aromatic N) is 1. The third kappa shape index (κ3) is 3.51. The first kappa shape index (κ1) is 16.6. The van der Waals surface area contributed by atoms with Crippen molar-refractivity contribution in [2.24, 2.45) is 0 Å². The van der Waals surface area contributed by atoms with Crippen molar-refractivity contribution in [2.45, 2.75) is 0 Å². The summed E-state index contributed by atoms with van der Waals surface area (Å²) in [6, 6.07) is 6.33. The summed E-state index contributed by atoms with van der Waals surface area (Å²) in [5.41, 5.74) is 0.942. The highest BCUT2D eigenvalue weighted by atomic mass is 32.1. The van der Waals surface area contributed by atoms with Crippen LogP contribution >= 0.6 is 12.2 Å². The van der Waals surface area contributed by atoms with Gasteiger partial charge in [-0.3, -0.25) is 19.8 Å². The Hall–Kier alpha value is -2.80. The van der Waals surface area contributed by atoms with E-state index < -0.39 is 17.8 Å². The Morgan fingerprint density at radius 1 is 1.35 bits per heavy atom. The normalized spacial score (nSPS) is 16.3. The second-order valence-electron chi connectivity index (χ2n) is 4.64. The largest absolute Gasteiger partial charge is 0.465 e. The fourth-order valence-electron chi connectivity index (χ4n) is 1.99. The Bertz CT molecular complexity index is 722. The summed E-state index contributed by atoms with van der Waals surface area (Å²) < 4.78 is 4.61. The topological polar surface area (TPSA) is 75.7 Å². The average molecular weight is 330 g/mol. The molecule has 1 aliphatic rings. The first-order valence-corrected chi connectivity index (χ1v) is 7.07. The number of benzene rings is 1. The molecule has 2 amide bonds. The van der Waals surface area contributed by atoms with Crippen molar-refractivity contribution >= 4 is 41.2 Å². The zero-order chi connectivity index (χ0) is 17.0. The van der Waals surface area contributed by atoms with Crippen molar-refractivity contribution in [3.63, 3.8) is 0 Å². The third-order valence-corrected chi connectivity index (χ3v) is 3.46. The second-order valence-corrected chi connectivity index (χ2v) is 5.02. The Kier molecular flexibility index (Phi) is 5.02. The first-order chi connectivity index (χ1) is 11.0. The lowest BCUT2D eigenvalue weighted by atomic mass is 10.1. The van der Waals surface area contributed by atoms with Gasteiger partial charge in [0.05, 0.1) is 12.7 Å². The molecule has 1 N–H and O–H groups in total. The molecule has 6 nitrogen and oxygen atoms in total. The van der Waals surface area contributed by atoms with Gasteiger partial charge in [-0.15, -0.1) is 6.58 Å².